The first-order chi connectivity index (χ1) is 12.1. The van der Waals surface area contributed by atoms with E-state index in [4.69, 9.17) is 0 Å². The summed E-state index contributed by atoms with van der Waals surface area (Å²) in [5.41, 5.74) is 4.54. The molecule has 0 aliphatic carbocycles. The maximum Gasteiger partial charge on any atom is 0.0983 e. The fourth-order valence-corrected chi connectivity index (χ4v) is 3.03. The van der Waals surface area contributed by atoms with Gasteiger partial charge in [0.1, 0.15) is 0 Å². The Morgan fingerprint density at radius 3 is 2.60 bits per heavy atom. The summed E-state index contributed by atoms with van der Waals surface area (Å²) < 4.78 is 1.86. The third-order valence-corrected chi connectivity index (χ3v) is 4.30. The second-order valence-electron chi connectivity index (χ2n) is 6.44. The lowest BCUT2D eigenvalue weighted by atomic mass is 10.1. The number of aromatic nitrogens is 3. The molecular formula is C20H25N5. The van der Waals surface area contributed by atoms with Gasteiger partial charge in [0.25, 0.3) is 0 Å². The van der Waals surface area contributed by atoms with Crippen LogP contribution in [0.25, 0.3) is 11.3 Å². The van der Waals surface area contributed by atoms with E-state index < -0.39 is 0 Å². The van der Waals surface area contributed by atoms with E-state index in [1.54, 1.807) is 6.20 Å². The van der Waals surface area contributed by atoms with Crippen LogP contribution >= 0.6 is 0 Å². The normalized spacial score (nSPS) is 12.5. The molecule has 0 bridgehead atoms. The second-order valence-corrected chi connectivity index (χ2v) is 6.44. The first-order valence-electron chi connectivity index (χ1n) is 8.50. The van der Waals surface area contributed by atoms with E-state index in [1.165, 1.54) is 11.1 Å². The van der Waals surface area contributed by atoms with E-state index in [0.29, 0.717) is 6.04 Å². The summed E-state index contributed by atoms with van der Waals surface area (Å²) in [7, 11) is 6.19. The van der Waals surface area contributed by atoms with E-state index >= 15 is 0 Å². The van der Waals surface area contributed by atoms with Crippen molar-refractivity contribution >= 4 is 0 Å². The zero-order valence-electron chi connectivity index (χ0n) is 15.1. The van der Waals surface area contributed by atoms with Crippen molar-refractivity contribution < 1.29 is 0 Å². The molecule has 3 aromatic rings. The maximum atomic E-state index is 4.60. The lowest BCUT2D eigenvalue weighted by Crippen LogP contribution is -2.30. The first kappa shape index (κ1) is 17.3. The number of likely N-dealkylation sites (N-methyl/N-ethyl adjacent to an activating group) is 1. The summed E-state index contributed by atoms with van der Waals surface area (Å²) in [5, 5.41) is 8.19. The fourth-order valence-electron chi connectivity index (χ4n) is 3.03. The molecule has 25 heavy (non-hydrogen) atoms. The predicted molar refractivity (Wildman–Crippen MR) is 101 cm³/mol. The lowest BCUT2D eigenvalue weighted by molar-refractivity contribution is 0.288. The summed E-state index contributed by atoms with van der Waals surface area (Å²) in [6.07, 6.45) is 5.72. The number of benzene rings is 1. The molecule has 0 saturated heterocycles. The van der Waals surface area contributed by atoms with Crippen molar-refractivity contribution in [2.45, 2.75) is 12.6 Å². The van der Waals surface area contributed by atoms with Crippen LogP contribution in [0.4, 0.5) is 0 Å². The molecule has 1 aromatic carbocycles. The molecule has 5 heteroatoms. The largest absolute Gasteiger partial charge is 0.311 e. The molecule has 0 spiro atoms. The summed E-state index contributed by atoms with van der Waals surface area (Å²) in [4.78, 5) is 6.45. The summed E-state index contributed by atoms with van der Waals surface area (Å²) >= 11 is 0. The van der Waals surface area contributed by atoms with Crippen LogP contribution < -0.4 is 5.32 Å². The summed E-state index contributed by atoms with van der Waals surface area (Å²) in [6, 6.07) is 14.9. The number of nitrogens with one attached hydrogen (secondary N) is 1. The molecule has 2 heterocycles. The summed E-state index contributed by atoms with van der Waals surface area (Å²) in [5.74, 6) is 0. The molecule has 0 fully saturated rings. The van der Waals surface area contributed by atoms with Crippen LogP contribution in [0.5, 0.6) is 0 Å². The SMILES string of the molecule is CN(C)[C@H](CNCc1cn(C)nc1-c1cccnc1)c1ccccc1. The van der Waals surface area contributed by atoms with Gasteiger partial charge in [-0.2, -0.15) is 5.10 Å². The van der Waals surface area contributed by atoms with Gasteiger partial charge in [0.15, 0.2) is 0 Å². The number of nitrogens with zero attached hydrogens (tertiary/aromatic N) is 4. The highest BCUT2D eigenvalue weighted by Crippen LogP contribution is 2.21. The number of aryl methyl sites for hydroxylation is 1. The predicted octanol–water partition coefficient (Wildman–Crippen LogP) is 2.87. The van der Waals surface area contributed by atoms with Crippen molar-refractivity contribution in [3.8, 4) is 11.3 Å². The Bertz CT molecular complexity index is 780. The van der Waals surface area contributed by atoms with Crippen LogP contribution in [0, 0.1) is 0 Å². The van der Waals surface area contributed by atoms with Crippen LogP contribution in [-0.2, 0) is 13.6 Å². The molecule has 0 amide bonds. The molecule has 130 valence electrons. The molecule has 0 aliphatic heterocycles. The molecule has 2 aromatic heterocycles. The van der Waals surface area contributed by atoms with Crippen LogP contribution in [0.1, 0.15) is 17.2 Å². The van der Waals surface area contributed by atoms with Crippen molar-refractivity contribution in [1.82, 2.24) is 25.0 Å². The average molecular weight is 335 g/mol. The Labute approximate surface area is 149 Å². The Balaban J connectivity index is 1.70. The molecule has 0 saturated carbocycles. The van der Waals surface area contributed by atoms with E-state index in [-0.39, 0.29) is 0 Å². The number of pyridine rings is 1. The zero-order chi connectivity index (χ0) is 17.6. The van der Waals surface area contributed by atoms with Crippen molar-refractivity contribution in [3.63, 3.8) is 0 Å². The number of rotatable bonds is 7. The quantitative estimate of drug-likeness (QED) is 0.721. The Hall–Kier alpha value is -2.50. The van der Waals surface area contributed by atoms with Gasteiger partial charge in [-0.15, -0.1) is 0 Å². The highest BCUT2D eigenvalue weighted by molar-refractivity contribution is 5.61. The van der Waals surface area contributed by atoms with E-state index in [9.17, 15) is 0 Å². The molecule has 0 unspecified atom stereocenters. The van der Waals surface area contributed by atoms with Gasteiger partial charge in [0.05, 0.1) is 5.69 Å². The topological polar surface area (TPSA) is 46.0 Å². The minimum absolute atomic E-state index is 0.333. The van der Waals surface area contributed by atoms with Gasteiger partial charge in [0, 0.05) is 55.9 Å². The molecule has 1 N–H and O–H groups in total. The smallest absolute Gasteiger partial charge is 0.0983 e. The minimum atomic E-state index is 0.333. The van der Waals surface area contributed by atoms with Gasteiger partial charge in [-0.1, -0.05) is 30.3 Å². The second kappa shape index (κ2) is 8.05. The van der Waals surface area contributed by atoms with Crippen LogP contribution in [-0.4, -0.2) is 40.3 Å². The van der Waals surface area contributed by atoms with Crippen LogP contribution in [0.2, 0.25) is 0 Å². The Kier molecular flexibility index (Phi) is 5.58. The number of hydrogen-bond donors (Lipinski definition) is 1. The fraction of sp³-hybridized carbons (Fsp3) is 0.300. The average Bonchev–Trinajstić information content (AvgIpc) is 3.00. The monoisotopic (exact) mass is 335 g/mol. The van der Waals surface area contributed by atoms with Gasteiger partial charge in [-0.25, -0.2) is 0 Å². The van der Waals surface area contributed by atoms with Gasteiger partial charge >= 0.3 is 0 Å². The minimum Gasteiger partial charge on any atom is -0.311 e. The summed E-state index contributed by atoms with van der Waals surface area (Å²) in [6.45, 7) is 1.65. The van der Waals surface area contributed by atoms with Crippen molar-refractivity contribution in [2.24, 2.45) is 7.05 Å². The highest BCUT2D eigenvalue weighted by Gasteiger charge is 2.15. The van der Waals surface area contributed by atoms with Gasteiger partial charge in [0.2, 0.25) is 0 Å². The van der Waals surface area contributed by atoms with Gasteiger partial charge < -0.3 is 10.2 Å². The maximum absolute atomic E-state index is 4.60. The highest BCUT2D eigenvalue weighted by atomic mass is 15.3. The molecule has 3 rings (SSSR count). The van der Waals surface area contributed by atoms with Gasteiger partial charge in [-0.05, 0) is 31.8 Å². The van der Waals surface area contributed by atoms with Crippen LogP contribution in [0.3, 0.4) is 0 Å². The van der Waals surface area contributed by atoms with E-state index in [1.807, 2.05) is 30.1 Å². The molecule has 5 nitrogen and oxygen atoms in total. The molecule has 1 atom stereocenters. The Morgan fingerprint density at radius 2 is 1.92 bits per heavy atom. The number of hydrogen-bond acceptors (Lipinski definition) is 4. The molecule has 0 radical (unpaired) electrons. The van der Waals surface area contributed by atoms with Crippen molar-refractivity contribution in [3.05, 3.63) is 72.2 Å². The zero-order valence-corrected chi connectivity index (χ0v) is 15.1. The Morgan fingerprint density at radius 1 is 1.12 bits per heavy atom. The van der Waals surface area contributed by atoms with Crippen molar-refractivity contribution in [2.75, 3.05) is 20.6 Å². The standard InChI is InChI=1S/C20H25N5/c1-24(2)19(16-8-5-4-6-9-16)14-22-13-18-15-25(3)23-20(18)17-10-7-11-21-12-17/h4-12,15,19,22H,13-14H2,1-3H3/t19-/m1/s1. The van der Waals surface area contributed by atoms with Gasteiger partial charge in [-0.3, -0.25) is 9.67 Å². The van der Waals surface area contributed by atoms with Crippen LogP contribution in [0.15, 0.2) is 61.1 Å². The molecular weight excluding hydrogens is 310 g/mol. The van der Waals surface area contributed by atoms with E-state index in [0.717, 1.165) is 24.3 Å². The lowest BCUT2D eigenvalue weighted by Gasteiger charge is -2.25. The third kappa shape index (κ3) is 4.32. The van der Waals surface area contributed by atoms with Crippen molar-refractivity contribution in [1.29, 1.82) is 0 Å². The van der Waals surface area contributed by atoms with E-state index in [2.05, 4.69) is 70.9 Å². The molecule has 0 aliphatic rings. The third-order valence-electron chi connectivity index (χ3n) is 4.30. The first-order valence-corrected chi connectivity index (χ1v) is 8.50.